The molecule has 0 radical (unpaired) electrons. The Hall–Kier alpha value is -2.72. The van der Waals surface area contributed by atoms with Crippen LogP contribution in [-0.4, -0.2) is 14.2 Å². The SMILES string of the molecule is Cc1ccc([C@@H](CC(=O)c2ccccc2)S(=O)(=O)c2ccccc2)cc1. The molecule has 3 rings (SSSR count). The zero-order chi connectivity index (χ0) is 18.6. The Kier molecular flexibility index (Phi) is 5.33. The summed E-state index contributed by atoms with van der Waals surface area (Å²) < 4.78 is 26.5. The molecule has 0 amide bonds. The van der Waals surface area contributed by atoms with E-state index in [1.165, 1.54) is 0 Å². The number of carbonyl (C=O) groups is 1. The highest BCUT2D eigenvalue weighted by molar-refractivity contribution is 7.91. The molecule has 0 aliphatic heterocycles. The van der Waals surface area contributed by atoms with Crippen molar-refractivity contribution in [1.82, 2.24) is 0 Å². The molecule has 3 aromatic rings. The number of hydrogen-bond donors (Lipinski definition) is 0. The number of Topliss-reactive ketones (excluding diaryl/α,β-unsaturated/α-hetero) is 1. The summed E-state index contributed by atoms with van der Waals surface area (Å²) in [6.45, 7) is 1.94. The summed E-state index contributed by atoms with van der Waals surface area (Å²) >= 11 is 0. The van der Waals surface area contributed by atoms with Crippen LogP contribution in [0.5, 0.6) is 0 Å². The molecule has 0 saturated carbocycles. The number of rotatable bonds is 6. The van der Waals surface area contributed by atoms with Gasteiger partial charge in [0.2, 0.25) is 0 Å². The van der Waals surface area contributed by atoms with Gasteiger partial charge in [-0.25, -0.2) is 8.42 Å². The van der Waals surface area contributed by atoms with Gasteiger partial charge in [-0.15, -0.1) is 0 Å². The smallest absolute Gasteiger partial charge is 0.185 e. The van der Waals surface area contributed by atoms with Gasteiger partial charge in [0, 0.05) is 12.0 Å². The van der Waals surface area contributed by atoms with Crippen LogP contribution < -0.4 is 0 Å². The first-order valence-corrected chi connectivity index (χ1v) is 9.97. The van der Waals surface area contributed by atoms with Crippen molar-refractivity contribution in [2.24, 2.45) is 0 Å². The topological polar surface area (TPSA) is 51.2 Å². The number of benzene rings is 3. The van der Waals surface area contributed by atoms with Crippen molar-refractivity contribution < 1.29 is 13.2 Å². The second-order valence-corrected chi connectivity index (χ2v) is 8.38. The molecule has 0 aliphatic rings. The maximum Gasteiger partial charge on any atom is 0.185 e. The van der Waals surface area contributed by atoms with Crippen molar-refractivity contribution >= 4 is 15.6 Å². The molecule has 0 heterocycles. The molecule has 0 saturated heterocycles. The van der Waals surface area contributed by atoms with E-state index in [1.807, 2.05) is 25.1 Å². The Morgan fingerprint density at radius 3 is 1.92 bits per heavy atom. The van der Waals surface area contributed by atoms with Gasteiger partial charge < -0.3 is 0 Å². The van der Waals surface area contributed by atoms with Crippen LogP contribution >= 0.6 is 0 Å². The Balaban J connectivity index is 2.02. The predicted molar refractivity (Wildman–Crippen MR) is 103 cm³/mol. The first kappa shape index (κ1) is 18.1. The van der Waals surface area contributed by atoms with Gasteiger partial charge in [0.05, 0.1) is 10.1 Å². The average molecular weight is 364 g/mol. The Morgan fingerprint density at radius 1 is 0.808 bits per heavy atom. The summed E-state index contributed by atoms with van der Waals surface area (Å²) in [5, 5.41) is -0.918. The molecular formula is C22H20O3S. The van der Waals surface area contributed by atoms with E-state index in [2.05, 4.69) is 0 Å². The van der Waals surface area contributed by atoms with Crippen LogP contribution in [-0.2, 0) is 9.84 Å². The van der Waals surface area contributed by atoms with E-state index in [0.29, 0.717) is 11.1 Å². The maximum absolute atomic E-state index is 13.2. The molecule has 132 valence electrons. The van der Waals surface area contributed by atoms with Crippen LogP contribution in [0.3, 0.4) is 0 Å². The van der Waals surface area contributed by atoms with Crippen LogP contribution in [0.25, 0.3) is 0 Å². The van der Waals surface area contributed by atoms with E-state index in [-0.39, 0.29) is 17.1 Å². The molecule has 3 aromatic carbocycles. The summed E-state index contributed by atoms with van der Waals surface area (Å²) in [5.74, 6) is -0.185. The molecule has 3 nitrogen and oxygen atoms in total. The normalized spacial score (nSPS) is 12.5. The predicted octanol–water partition coefficient (Wildman–Crippen LogP) is 4.78. The van der Waals surface area contributed by atoms with Gasteiger partial charge in [0.25, 0.3) is 0 Å². The Bertz CT molecular complexity index is 977. The molecule has 0 aliphatic carbocycles. The Morgan fingerprint density at radius 2 is 1.35 bits per heavy atom. The lowest BCUT2D eigenvalue weighted by Crippen LogP contribution is -2.18. The minimum atomic E-state index is -3.69. The van der Waals surface area contributed by atoms with E-state index in [0.717, 1.165) is 5.56 Å². The fourth-order valence-electron chi connectivity index (χ4n) is 2.87. The summed E-state index contributed by atoms with van der Waals surface area (Å²) in [6, 6.07) is 24.4. The minimum absolute atomic E-state index is 0.0930. The average Bonchev–Trinajstić information content (AvgIpc) is 2.68. The molecule has 26 heavy (non-hydrogen) atoms. The summed E-state index contributed by atoms with van der Waals surface area (Å²) in [7, 11) is -3.69. The molecule has 0 fully saturated rings. The molecule has 0 aromatic heterocycles. The lowest BCUT2D eigenvalue weighted by Gasteiger charge is -2.18. The first-order valence-electron chi connectivity index (χ1n) is 8.42. The number of ketones is 1. The lowest BCUT2D eigenvalue weighted by molar-refractivity contribution is 0.0980. The molecule has 1 atom stereocenters. The van der Waals surface area contributed by atoms with Crippen molar-refractivity contribution in [3.8, 4) is 0 Å². The third kappa shape index (κ3) is 3.92. The summed E-state index contributed by atoms with van der Waals surface area (Å²) in [5.41, 5.74) is 2.19. The largest absolute Gasteiger partial charge is 0.294 e. The molecule has 4 heteroatoms. The van der Waals surface area contributed by atoms with Crippen LogP contribution in [0.2, 0.25) is 0 Å². The minimum Gasteiger partial charge on any atom is -0.294 e. The van der Waals surface area contributed by atoms with Crippen LogP contribution in [0.1, 0.15) is 33.2 Å². The van der Waals surface area contributed by atoms with Gasteiger partial charge >= 0.3 is 0 Å². The van der Waals surface area contributed by atoms with Crippen molar-refractivity contribution in [1.29, 1.82) is 0 Å². The number of aryl methyl sites for hydroxylation is 1. The van der Waals surface area contributed by atoms with Gasteiger partial charge in [-0.3, -0.25) is 4.79 Å². The lowest BCUT2D eigenvalue weighted by atomic mass is 10.0. The van der Waals surface area contributed by atoms with Crippen molar-refractivity contribution in [3.63, 3.8) is 0 Å². The standard InChI is InChI=1S/C22H20O3S/c1-17-12-14-19(15-13-17)22(16-21(23)18-8-4-2-5-9-18)26(24,25)20-10-6-3-7-11-20/h2-15,22H,16H2,1H3/t22-/m1/s1. The van der Waals surface area contributed by atoms with Crippen molar-refractivity contribution in [2.45, 2.75) is 23.5 Å². The van der Waals surface area contributed by atoms with Crippen molar-refractivity contribution in [2.75, 3.05) is 0 Å². The fourth-order valence-corrected chi connectivity index (χ4v) is 4.62. The quantitative estimate of drug-likeness (QED) is 0.591. The molecule has 0 N–H and O–H groups in total. The third-order valence-corrected chi connectivity index (χ3v) is 6.48. The van der Waals surface area contributed by atoms with Gasteiger partial charge in [-0.2, -0.15) is 0 Å². The van der Waals surface area contributed by atoms with Crippen molar-refractivity contribution in [3.05, 3.63) is 102 Å². The van der Waals surface area contributed by atoms with E-state index < -0.39 is 15.1 Å². The number of sulfone groups is 1. The first-order chi connectivity index (χ1) is 12.5. The zero-order valence-electron chi connectivity index (χ0n) is 14.5. The van der Waals surface area contributed by atoms with Crippen LogP contribution in [0.15, 0.2) is 89.8 Å². The second-order valence-electron chi connectivity index (χ2n) is 6.25. The monoisotopic (exact) mass is 364 g/mol. The van der Waals surface area contributed by atoms with Gasteiger partial charge in [0.1, 0.15) is 0 Å². The van der Waals surface area contributed by atoms with Gasteiger partial charge in [-0.1, -0.05) is 78.4 Å². The zero-order valence-corrected chi connectivity index (χ0v) is 15.3. The molecular weight excluding hydrogens is 344 g/mol. The molecule has 0 bridgehead atoms. The molecule has 0 spiro atoms. The second kappa shape index (κ2) is 7.67. The van der Waals surface area contributed by atoms with Gasteiger partial charge in [-0.05, 0) is 24.6 Å². The van der Waals surface area contributed by atoms with E-state index >= 15 is 0 Å². The van der Waals surface area contributed by atoms with Crippen LogP contribution in [0.4, 0.5) is 0 Å². The highest BCUT2D eigenvalue weighted by Crippen LogP contribution is 2.33. The maximum atomic E-state index is 13.2. The van der Waals surface area contributed by atoms with E-state index in [4.69, 9.17) is 0 Å². The Labute approximate surface area is 154 Å². The highest BCUT2D eigenvalue weighted by atomic mass is 32.2. The number of hydrogen-bond acceptors (Lipinski definition) is 3. The summed E-state index contributed by atoms with van der Waals surface area (Å²) in [6.07, 6.45) is -0.0930. The van der Waals surface area contributed by atoms with E-state index in [9.17, 15) is 13.2 Å². The number of carbonyl (C=O) groups excluding carboxylic acids is 1. The third-order valence-electron chi connectivity index (χ3n) is 4.36. The fraction of sp³-hybridized carbons (Fsp3) is 0.136. The van der Waals surface area contributed by atoms with E-state index in [1.54, 1.807) is 66.7 Å². The molecule has 0 unspecified atom stereocenters. The highest BCUT2D eigenvalue weighted by Gasteiger charge is 2.31. The van der Waals surface area contributed by atoms with Crippen LogP contribution in [0, 0.1) is 6.92 Å². The summed E-state index contributed by atoms with van der Waals surface area (Å²) in [4.78, 5) is 12.9. The van der Waals surface area contributed by atoms with Gasteiger partial charge in [0.15, 0.2) is 15.6 Å².